The first-order valence-electron chi connectivity index (χ1n) is 8.17. The van der Waals surface area contributed by atoms with Gasteiger partial charge in [-0.1, -0.05) is 11.2 Å². The Morgan fingerprint density at radius 1 is 1.19 bits per heavy atom. The minimum atomic E-state index is 0.321. The maximum absolute atomic E-state index is 5.42. The molecule has 0 aliphatic rings. The van der Waals surface area contributed by atoms with E-state index in [-0.39, 0.29) is 0 Å². The van der Waals surface area contributed by atoms with Gasteiger partial charge in [0.15, 0.2) is 5.11 Å². The van der Waals surface area contributed by atoms with Crippen molar-refractivity contribution in [1.29, 1.82) is 0 Å². The van der Waals surface area contributed by atoms with Gasteiger partial charge in [-0.3, -0.25) is 0 Å². The third-order valence-electron chi connectivity index (χ3n) is 3.44. The van der Waals surface area contributed by atoms with Gasteiger partial charge < -0.3 is 19.9 Å². The fourth-order valence-corrected chi connectivity index (χ4v) is 2.35. The van der Waals surface area contributed by atoms with Gasteiger partial charge in [0.1, 0.15) is 11.6 Å². The van der Waals surface area contributed by atoms with E-state index in [0.29, 0.717) is 35.8 Å². The van der Waals surface area contributed by atoms with Crippen LogP contribution in [0.2, 0.25) is 0 Å². The number of benzene rings is 1. The average Bonchev–Trinajstić information content (AvgIpc) is 3.12. The lowest BCUT2D eigenvalue weighted by atomic mass is 10.2. The van der Waals surface area contributed by atoms with Crippen molar-refractivity contribution in [2.75, 3.05) is 11.9 Å². The highest BCUT2D eigenvalue weighted by atomic mass is 32.1. The minimum absolute atomic E-state index is 0.321. The molecular weight excluding hydrogens is 350 g/mol. The van der Waals surface area contributed by atoms with Gasteiger partial charge in [-0.05, 0) is 62.0 Å². The van der Waals surface area contributed by atoms with Crippen LogP contribution in [-0.2, 0) is 6.54 Å². The van der Waals surface area contributed by atoms with Crippen LogP contribution in [0.25, 0.3) is 11.4 Å². The Balaban J connectivity index is 1.54. The predicted molar refractivity (Wildman–Crippen MR) is 103 cm³/mol. The van der Waals surface area contributed by atoms with Crippen LogP contribution in [0.3, 0.4) is 0 Å². The molecule has 26 heavy (non-hydrogen) atoms. The van der Waals surface area contributed by atoms with Crippen LogP contribution < -0.4 is 15.4 Å². The topological polar surface area (TPSA) is 85.1 Å². The third kappa shape index (κ3) is 4.76. The maximum Gasteiger partial charge on any atom is 0.246 e. The number of ether oxygens (including phenoxy) is 1. The molecule has 0 aliphatic carbocycles. The number of hydrogen-bond donors (Lipinski definition) is 2. The first-order chi connectivity index (χ1) is 12.6. The Hall–Kier alpha value is -3.00. The summed E-state index contributed by atoms with van der Waals surface area (Å²) in [5.74, 6) is 2.44. The summed E-state index contributed by atoms with van der Waals surface area (Å²) in [4.78, 5) is 8.60. The molecular formula is C18H19N5O2S. The Labute approximate surface area is 156 Å². The lowest BCUT2D eigenvalue weighted by molar-refractivity contribution is 0.340. The number of aryl methyl sites for hydroxylation is 1. The number of rotatable bonds is 6. The maximum atomic E-state index is 5.42. The average molecular weight is 369 g/mol. The van der Waals surface area contributed by atoms with Crippen molar-refractivity contribution in [3.63, 3.8) is 0 Å². The van der Waals surface area contributed by atoms with Gasteiger partial charge in [0.05, 0.1) is 13.2 Å². The summed E-state index contributed by atoms with van der Waals surface area (Å²) in [7, 11) is 0. The van der Waals surface area contributed by atoms with Gasteiger partial charge in [0.2, 0.25) is 11.7 Å². The predicted octanol–water partition coefficient (Wildman–Crippen LogP) is 3.33. The van der Waals surface area contributed by atoms with Crippen LogP contribution in [-0.4, -0.2) is 26.8 Å². The Morgan fingerprint density at radius 3 is 2.69 bits per heavy atom. The molecule has 2 aromatic heterocycles. The number of nitrogens with one attached hydrogen (secondary N) is 2. The van der Waals surface area contributed by atoms with Crippen LogP contribution in [0, 0.1) is 6.92 Å². The number of hydrogen-bond acceptors (Lipinski definition) is 6. The summed E-state index contributed by atoms with van der Waals surface area (Å²) in [6.07, 6.45) is 1.77. The second kappa shape index (κ2) is 8.39. The molecule has 0 aliphatic heterocycles. The van der Waals surface area contributed by atoms with E-state index in [9.17, 15) is 0 Å². The SMILES string of the molecule is CCOc1ccc(-c2noc(CNC(=S)Nc3ccc(C)cn3)n2)cc1. The molecule has 0 saturated carbocycles. The number of thiocarbonyl (C=S) groups is 1. The molecule has 0 bridgehead atoms. The van der Waals surface area contributed by atoms with Gasteiger partial charge in [-0.25, -0.2) is 4.98 Å². The van der Waals surface area contributed by atoms with Crippen molar-refractivity contribution >= 4 is 23.1 Å². The normalized spacial score (nSPS) is 10.4. The molecule has 0 radical (unpaired) electrons. The molecule has 0 saturated heterocycles. The molecule has 0 spiro atoms. The molecule has 8 heteroatoms. The van der Waals surface area contributed by atoms with E-state index < -0.39 is 0 Å². The Bertz CT molecular complexity index is 862. The molecule has 7 nitrogen and oxygen atoms in total. The van der Waals surface area contributed by atoms with Gasteiger partial charge in [-0.15, -0.1) is 0 Å². The lowest BCUT2D eigenvalue weighted by Gasteiger charge is -2.07. The molecule has 0 fully saturated rings. The van der Waals surface area contributed by atoms with Crippen molar-refractivity contribution in [1.82, 2.24) is 20.4 Å². The van der Waals surface area contributed by atoms with E-state index in [0.717, 1.165) is 16.9 Å². The van der Waals surface area contributed by atoms with Crippen LogP contribution in [0.1, 0.15) is 18.4 Å². The van der Waals surface area contributed by atoms with E-state index in [1.54, 1.807) is 6.20 Å². The monoisotopic (exact) mass is 369 g/mol. The number of nitrogens with zero attached hydrogens (tertiary/aromatic N) is 3. The summed E-state index contributed by atoms with van der Waals surface area (Å²) < 4.78 is 10.7. The molecule has 3 rings (SSSR count). The molecule has 3 aromatic rings. The lowest BCUT2D eigenvalue weighted by Crippen LogP contribution is -2.28. The largest absolute Gasteiger partial charge is 0.494 e. The van der Waals surface area contributed by atoms with E-state index in [2.05, 4.69) is 25.8 Å². The number of aromatic nitrogens is 3. The Kier molecular flexibility index (Phi) is 5.75. The standard InChI is InChI=1S/C18H19N5O2S/c1-3-24-14-7-5-13(6-8-14)17-22-16(25-23-17)11-20-18(26)21-15-9-4-12(2)10-19-15/h4-10H,3,11H2,1-2H3,(H2,19,20,21,26). The second-order valence-corrected chi connectivity index (χ2v) is 5.91. The smallest absolute Gasteiger partial charge is 0.246 e. The quantitative estimate of drug-likeness (QED) is 0.640. The first-order valence-corrected chi connectivity index (χ1v) is 8.58. The van der Waals surface area contributed by atoms with Crippen molar-refractivity contribution in [2.24, 2.45) is 0 Å². The zero-order chi connectivity index (χ0) is 18.4. The van der Waals surface area contributed by atoms with E-state index in [1.807, 2.05) is 50.2 Å². The van der Waals surface area contributed by atoms with Crippen LogP contribution in [0.15, 0.2) is 47.1 Å². The molecule has 134 valence electrons. The summed E-state index contributed by atoms with van der Waals surface area (Å²) in [6.45, 7) is 4.87. The highest BCUT2D eigenvalue weighted by molar-refractivity contribution is 7.80. The number of anilines is 1. The zero-order valence-electron chi connectivity index (χ0n) is 14.5. The summed E-state index contributed by atoms with van der Waals surface area (Å²) >= 11 is 5.24. The van der Waals surface area contributed by atoms with Gasteiger partial charge in [-0.2, -0.15) is 4.98 Å². The summed E-state index contributed by atoms with van der Waals surface area (Å²) in [5.41, 5.74) is 1.94. The highest BCUT2D eigenvalue weighted by Crippen LogP contribution is 2.20. The first kappa shape index (κ1) is 17.8. The van der Waals surface area contributed by atoms with Crippen LogP contribution >= 0.6 is 12.2 Å². The molecule has 0 unspecified atom stereocenters. The molecule has 2 heterocycles. The minimum Gasteiger partial charge on any atom is -0.494 e. The zero-order valence-corrected chi connectivity index (χ0v) is 15.3. The van der Waals surface area contributed by atoms with Gasteiger partial charge in [0.25, 0.3) is 0 Å². The fourth-order valence-electron chi connectivity index (χ4n) is 2.17. The molecule has 2 N–H and O–H groups in total. The van der Waals surface area contributed by atoms with Crippen molar-refractivity contribution in [3.8, 4) is 17.1 Å². The van der Waals surface area contributed by atoms with E-state index >= 15 is 0 Å². The van der Waals surface area contributed by atoms with Crippen LogP contribution in [0.4, 0.5) is 5.82 Å². The van der Waals surface area contributed by atoms with E-state index in [1.165, 1.54) is 0 Å². The van der Waals surface area contributed by atoms with Crippen molar-refractivity contribution in [2.45, 2.75) is 20.4 Å². The Morgan fingerprint density at radius 2 is 2.00 bits per heavy atom. The van der Waals surface area contributed by atoms with Crippen LogP contribution in [0.5, 0.6) is 5.75 Å². The molecule has 0 atom stereocenters. The number of pyridine rings is 1. The van der Waals surface area contributed by atoms with Crippen molar-refractivity contribution < 1.29 is 9.26 Å². The van der Waals surface area contributed by atoms with Gasteiger partial charge >= 0.3 is 0 Å². The highest BCUT2D eigenvalue weighted by Gasteiger charge is 2.09. The molecule has 1 aromatic carbocycles. The summed E-state index contributed by atoms with van der Waals surface area (Å²) in [5, 5.41) is 10.4. The van der Waals surface area contributed by atoms with E-state index in [4.69, 9.17) is 21.5 Å². The summed E-state index contributed by atoms with van der Waals surface area (Å²) in [6, 6.07) is 11.4. The third-order valence-corrected chi connectivity index (χ3v) is 3.69. The molecule has 0 amide bonds. The van der Waals surface area contributed by atoms with Gasteiger partial charge in [0, 0.05) is 11.8 Å². The fraction of sp³-hybridized carbons (Fsp3) is 0.222. The second-order valence-electron chi connectivity index (χ2n) is 5.50. The van der Waals surface area contributed by atoms with Crippen molar-refractivity contribution in [3.05, 3.63) is 54.0 Å².